The summed E-state index contributed by atoms with van der Waals surface area (Å²) in [6.07, 6.45) is 0. The van der Waals surface area contributed by atoms with Crippen molar-refractivity contribution in [2.75, 3.05) is 26.2 Å². The molecule has 2 N–H and O–H groups in total. The summed E-state index contributed by atoms with van der Waals surface area (Å²) < 4.78 is 4.58. The lowest BCUT2D eigenvalue weighted by molar-refractivity contribution is -0.154. The Hall–Kier alpha value is -1.10. The molecule has 1 fully saturated rings. The maximum Gasteiger partial charge on any atom is 0.396 e. The summed E-state index contributed by atoms with van der Waals surface area (Å²) in [4.78, 5) is 22.2. The molecule has 2 atom stereocenters. The van der Waals surface area contributed by atoms with Gasteiger partial charge in [0.2, 0.25) is 0 Å². The van der Waals surface area contributed by atoms with E-state index in [0.29, 0.717) is 18.4 Å². The number of carbonyl (C=O) groups excluding carboxylic acids is 2. The van der Waals surface area contributed by atoms with Crippen LogP contribution in [-0.4, -0.2) is 38.1 Å². The van der Waals surface area contributed by atoms with Crippen LogP contribution in [0.15, 0.2) is 0 Å². The molecule has 1 heterocycles. The fraction of sp³-hybridized carbons (Fsp3) is 0.800. The van der Waals surface area contributed by atoms with Gasteiger partial charge < -0.3 is 15.4 Å². The van der Waals surface area contributed by atoms with Gasteiger partial charge in [-0.3, -0.25) is 4.79 Å². The Bertz CT molecular complexity index is 243. The Labute approximate surface area is 89.6 Å². The topological polar surface area (TPSA) is 67.4 Å². The highest BCUT2D eigenvalue weighted by Crippen LogP contribution is 2.14. The predicted octanol–water partition coefficient (Wildman–Crippen LogP) is -0.479. The van der Waals surface area contributed by atoms with E-state index < -0.39 is 11.9 Å². The lowest BCUT2D eigenvalue weighted by Crippen LogP contribution is -2.37. The minimum Gasteiger partial charge on any atom is -0.459 e. The van der Waals surface area contributed by atoms with E-state index in [2.05, 4.69) is 22.3 Å². The average molecular weight is 214 g/mol. The summed E-state index contributed by atoms with van der Waals surface area (Å²) in [7, 11) is 0. The molecule has 0 spiro atoms. The first kappa shape index (κ1) is 12.0. The highest BCUT2D eigenvalue weighted by Gasteiger charge is 2.24. The van der Waals surface area contributed by atoms with Gasteiger partial charge in [-0.2, -0.15) is 0 Å². The molecule has 5 nitrogen and oxygen atoms in total. The van der Waals surface area contributed by atoms with Crippen LogP contribution >= 0.6 is 0 Å². The maximum atomic E-state index is 11.2. The number of amides is 1. The summed E-state index contributed by atoms with van der Waals surface area (Å²) in [6, 6.07) is 0. The van der Waals surface area contributed by atoms with Gasteiger partial charge >= 0.3 is 11.9 Å². The van der Waals surface area contributed by atoms with Crippen LogP contribution in [0.25, 0.3) is 0 Å². The Kier molecular flexibility index (Phi) is 4.55. The van der Waals surface area contributed by atoms with Crippen molar-refractivity contribution in [3.63, 3.8) is 0 Å². The first-order valence-electron chi connectivity index (χ1n) is 5.30. The Balaban J connectivity index is 2.24. The lowest BCUT2D eigenvalue weighted by Gasteiger charge is -2.14. The zero-order valence-corrected chi connectivity index (χ0v) is 9.21. The summed E-state index contributed by atoms with van der Waals surface area (Å²) in [5.41, 5.74) is 0. The zero-order chi connectivity index (χ0) is 11.3. The highest BCUT2D eigenvalue weighted by atomic mass is 16.5. The van der Waals surface area contributed by atoms with E-state index in [9.17, 15) is 9.59 Å². The van der Waals surface area contributed by atoms with Crippen molar-refractivity contribution < 1.29 is 14.3 Å². The van der Waals surface area contributed by atoms with Crippen LogP contribution in [0.4, 0.5) is 0 Å². The van der Waals surface area contributed by atoms with Gasteiger partial charge in [0.25, 0.3) is 0 Å². The number of esters is 1. The van der Waals surface area contributed by atoms with Crippen molar-refractivity contribution in [2.24, 2.45) is 11.8 Å². The lowest BCUT2D eigenvalue weighted by atomic mass is 9.98. The Morgan fingerprint density at radius 1 is 1.47 bits per heavy atom. The van der Waals surface area contributed by atoms with E-state index in [-0.39, 0.29) is 6.61 Å². The quantitative estimate of drug-likeness (QED) is 0.492. The van der Waals surface area contributed by atoms with Gasteiger partial charge in [-0.05, 0) is 31.8 Å². The van der Waals surface area contributed by atoms with E-state index in [0.717, 1.165) is 13.1 Å². The number of rotatable bonds is 3. The molecule has 15 heavy (non-hydrogen) atoms. The largest absolute Gasteiger partial charge is 0.459 e. The second kappa shape index (κ2) is 5.70. The summed E-state index contributed by atoms with van der Waals surface area (Å²) >= 11 is 0. The van der Waals surface area contributed by atoms with E-state index in [1.54, 1.807) is 6.92 Å². The third kappa shape index (κ3) is 3.51. The van der Waals surface area contributed by atoms with Crippen LogP contribution in [-0.2, 0) is 14.3 Å². The zero-order valence-electron chi connectivity index (χ0n) is 9.21. The number of hydrogen-bond acceptors (Lipinski definition) is 4. The second-order valence-electron chi connectivity index (χ2n) is 3.83. The summed E-state index contributed by atoms with van der Waals surface area (Å²) in [5.74, 6) is -0.497. The smallest absolute Gasteiger partial charge is 0.396 e. The number of ether oxygens (including phenoxy) is 1. The molecule has 0 aromatic heterocycles. The van der Waals surface area contributed by atoms with Crippen LogP contribution in [0.2, 0.25) is 0 Å². The predicted molar refractivity (Wildman–Crippen MR) is 55.2 cm³/mol. The van der Waals surface area contributed by atoms with Gasteiger partial charge in [0.05, 0.1) is 6.61 Å². The van der Waals surface area contributed by atoms with Crippen LogP contribution in [0.3, 0.4) is 0 Å². The summed E-state index contributed by atoms with van der Waals surface area (Å²) in [5, 5.41) is 5.82. The molecule has 0 saturated carbocycles. The first-order chi connectivity index (χ1) is 7.15. The molecule has 0 aliphatic carbocycles. The average Bonchev–Trinajstić information content (AvgIpc) is 2.61. The van der Waals surface area contributed by atoms with E-state index in [1.165, 1.54) is 0 Å². The fourth-order valence-corrected chi connectivity index (χ4v) is 1.63. The second-order valence-corrected chi connectivity index (χ2v) is 3.83. The maximum absolute atomic E-state index is 11.2. The van der Waals surface area contributed by atoms with Gasteiger partial charge in [-0.15, -0.1) is 0 Å². The molecule has 1 aliphatic rings. The molecule has 0 aromatic rings. The van der Waals surface area contributed by atoms with Crippen LogP contribution in [0.1, 0.15) is 13.8 Å². The van der Waals surface area contributed by atoms with Gasteiger partial charge in [0.15, 0.2) is 0 Å². The van der Waals surface area contributed by atoms with E-state index >= 15 is 0 Å². The fourth-order valence-electron chi connectivity index (χ4n) is 1.63. The number of carbonyl (C=O) groups is 2. The van der Waals surface area contributed by atoms with Crippen LogP contribution in [0.5, 0.6) is 0 Å². The molecule has 1 saturated heterocycles. The molecule has 86 valence electrons. The molecule has 5 heteroatoms. The highest BCUT2D eigenvalue weighted by molar-refractivity contribution is 6.32. The third-order valence-corrected chi connectivity index (χ3v) is 2.66. The van der Waals surface area contributed by atoms with Gasteiger partial charge in [-0.25, -0.2) is 4.79 Å². The van der Waals surface area contributed by atoms with Crippen molar-refractivity contribution in [1.82, 2.24) is 10.6 Å². The van der Waals surface area contributed by atoms with Crippen molar-refractivity contribution in [2.45, 2.75) is 13.8 Å². The van der Waals surface area contributed by atoms with Gasteiger partial charge in [-0.1, -0.05) is 6.92 Å². The third-order valence-electron chi connectivity index (χ3n) is 2.66. The van der Waals surface area contributed by atoms with Crippen LogP contribution < -0.4 is 10.6 Å². The molecule has 1 rings (SSSR count). The van der Waals surface area contributed by atoms with Gasteiger partial charge in [0, 0.05) is 6.54 Å². The van der Waals surface area contributed by atoms with Gasteiger partial charge in [0.1, 0.15) is 0 Å². The molecule has 1 amide bonds. The normalized spacial score (nSPS) is 24.9. The molecular weight excluding hydrogens is 196 g/mol. The molecule has 0 radical (unpaired) electrons. The molecule has 0 unspecified atom stereocenters. The van der Waals surface area contributed by atoms with E-state index in [1.807, 2.05) is 0 Å². The Morgan fingerprint density at radius 3 is 2.73 bits per heavy atom. The Morgan fingerprint density at radius 2 is 2.20 bits per heavy atom. The molecular formula is C10H18N2O3. The molecule has 0 aromatic carbocycles. The van der Waals surface area contributed by atoms with Crippen molar-refractivity contribution in [3.8, 4) is 0 Å². The van der Waals surface area contributed by atoms with Crippen molar-refractivity contribution >= 4 is 11.9 Å². The monoisotopic (exact) mass is 214 g/mol. The summed E-state index contributed by atoms with van der Waals surface area (Å²) in [6.45, 7) is 6.43. The number of nitrogens with one attached hydrogen (secondary N) is 2. The standard InChI is InChI=1S/C10H18N2O3/c1-3-15-10(14)9(13)12-6-8-5-11-4-7(8)2/h7-8,11H,3-6H2,1-2H3,(H,12,13)/t7-,8+/m1/s1. The van der Waals surface area contributed by atoms with Crippen molar-refractivity contribution in [3.05, 3.63) is 0 Å². The number of hydrogen-bond donors (Lipinski definition) is 2. The molecule has 0 bridgehead atoms. The molecule has 1 aliphatic heterocycles. The minimum atomic E-state index is -0.795. The van der Waals surface area contributed by atoms with E-state index in [4.69, 9.17) is 0 Å². The van der Waals surface area contributed by atoms with Crippen LogP contribution in [0, 0.1) is 11.8 Å². The van der Waals surface area contributed by atoms with Crippen molar-refractivity contribution in [1.29, 1.82) is 0 Å². The first-order valence-corrected chi connectivity index (χ1v) is 5.30. The SMILES string of the molecule is CCOC(=O)C(=O)NC[C@@H]1CNC[C@H]1C. The minimum absolute atomic E-state index is 0.230.